The third-order valence-corrected chi connectivity index (χ3v) is 5.79. The molecule has 2 aliphatic carbocycles. The third-order valence-electron chi connectivity index (χ3n) is 5.79. The number of nitrogens with two attached hydrogens (primary N) is 1. The molecule has 0 aromatic heterocycles. The molecule has 0 spiro atoms. The molecule has 104 valence electrons. The second-order valence-corrected chi connectivity index (χ2v) is 6.66. The van der Waals surface area contributed by atoms with E-state index < -0.39 is 0 Å². The molecule has 2 saturated carbocycles. The van der Waals surface area contributed by atoms with Crippen LogP contribution in [0.15, 0.2) is 30.3 Å². The molecule has 0 amide bonds. The molecule has 1 aromatic rings. The van der Waals surface area contributed by atoms with Crippen LogP contribution < -0.4 is 5.73 Å². The van der Waals surface area contributed by atoms with E-state index in [1.807, 2.05) is 6.07 Å². The molecule has 5 atom stereocenters. The smallest absolute Gasteiger partial charge is 0.0677 e. The van der Waals surface area contributed by atoms with Crippen LogP contribution in [0.4, 0.5) is 0 Å². The normalized spacial score (nSPS) is 36.4. The van der Waals surface area contributed by atoms with Crippen molar-refractivity contribution in [1.82, 2.24) is 0 Å². The van der Waals surface area contributed by atoms with Gasteiger partial charge in [0.25, 0.3) is 0 Å². The van der Waals surface area contributed by atoms with Crippen LogP contribution in [0, 0.1) is 17.3 Å². The topological polar surface area (TPSA) is 46.2 Å². The zero-order valence-electron chi connectivity index (χ0n) is 11.8. The van der Waals surface area contributed by atoms with E-state index in [1.165, 1.54) is 24.8 Å². The predicted molar refractivity (Wildman–Crippen MR) is 77.8 cm³/mol. The van der Waals surface area contributed by atoms with Crippen LogP contribution in [0.3, 0.4) is 0 Å². The number of benzene rings is 1. The van der Waals surface area contributed by atoms with E-state index >= 15 is 0 Å². The molecule has 3 N–H and O–H groups in total. The molecule has 5 unspecified atom stereocenters. The quantitative estimate of drug-likeness (QED) is 0.873. The van der Waals surface area contributed by atoms with Crippen LogP contribution in [0.1, 0.15) is 44.1 Å². The lowest BCUT2D eigenvalue weighted by Crippen LogP contribution is -2.48. The molecule has 2 heteroatoms. The van der Waals surface area contributed by atoms with Crippen molar-refractivity contribution in [2.75, 3.05) is 6.54 Å². The molecule has 3 rings (SSSR count). The van der Waals surface area contributed by atoms with Crippen LogP contribution in [0.2, 0.25) is 0 Å². The van der Waals surface area contributed by atoms with Crippen molar-refractivity contribution in [2.24, 2.45) is 23.0 Å². The van der Waals surface area contributed by atoms with Gasteiger partial charge in [0.1, 0.15) is 0 Å². The molecule has 1 aromatic carbocycles. The largest absolute Gasteiger partial charge is 0.392 e. The predicted octanol–water partition coefficient (Wildman–Crippen LogP) is 2.92. The zero-order chi connectivity index (χ0) is 13.5. The SMILES string of the molecule is CC(c1ccccc1)C(O)C1(CN)CC2CCC1C2. The second-order valence-electron chi connectivity index (χ2n) is 6.66. The third kappa shape index (κ3) is 2.02. The first-order valence-corrected chi connectivity index (χ1v) is 7.60. The minimum absolute atomic E-state index is 0.0296. The fourth-order valence-electron chi connectivity index (χ4n) is 4.66. The standard InChI is InChI=1S/C17H25NO/c1-12(14-5-3-2-4-6-14)16(19)17(11-18)10-13-7-8-15(17)9-13/h2-6,12-13,15-16,19H,7-11,18H2,1H3. The first-order chi connectivity index (χ1) is 9.17. The summed E-state index contributed by atoms with van der Waals surface area (Å²) in [6.07, 6.45) is 4.72. The van der Waals surface area contributed by atoms with Crippen molar-refractivity contribution >= 4 is 0 Å². The summed E-state index contributed by atoms with van der Waals surface area (Å²) < 4.78 is 0. The van der Waals surface area contributed by atoms with Crippen molar-refractivity contribution in [1.29, 1.82) is 0 Å². The Balaban J connectivity index is 1.84. The Morgan fingerprint density at radius 2 is 2.05 bits per heavy atom. The zero-order valence-corrected chi connectivity index (χ0v) is 11.8. The minimum Gasteiger partial charge on any atom is -0.392 e. The number of fused-ring (bicyclic) bond motifs is 2. The lowest BCUT2D eigenvalue weighted by Gasteiger charge is -2.43. The first-order valence-electron chi connectivity index (χ1n) is 7.60. The minimum atomic E-state index is -0.310. The Morgan fingerprint density at radius 1 is 1.32 bits per heavy atom. The summed E-state index contributed by atoms with van der Waals surface area (Å²) in [5, 5.41) is 11.0. The highest BCUT2D eigenvalue weighted by Crippen LogP contribution is 2.58. The molecule has 2 aliphatic rings. The number of rotatable bonds is 4. The molecular weight excluding hydrogens is 234 g/mol. The van der Waals surface area contributed by atoms with Crippen LogP contribution in [-0.2, 0) is 0 Å². The van der Waals surface area contributed by atoms with Crippen LogP contribution in [0.25, 0.3) is 0 Å². The second kappa shape index (κ2) is 4.92. The molecule has 0 heterocycles. The Bertz CT molecular complexity index is 432. The van der Waals surface area contributed by atoms with Gasteiger partial charge in [0.15, 0.2) is 0 Å². The number of aliphatic hydroxyl groups excluding tert-OH is 1. The summed E-state index contributed by atoms with van der Waals surface area (Å²) >= 11 is 0. The van der Waals surface area contributed by atoms with Gasteiger partial charge in [-0.15, -0.1) is 0 Å². The maximum atomic E-state index is 11.0. The van der Waals surface area contributed by atoms with Gasteiger partial charge in [0.05, 0.1) is 6.10 Å². The van der Waals surface area contributed by atoms with Crippen LogP contribution >= 0.6 is 0 Å². The van der Waals surface area contributed by atoms with Crippen LogP contribution in [-0.4, -0.2) is 17.8 Å². The number of hydrogen-bond donors (Lipinski definition) is 2. The summed E-state index contributed by atoms with van der Waals surface area (Å²) in [5.74, 6) is 1.62. The van der Waals surface area contributed by atoms with E-state index in [1.54, 1.807) is 0 Å². The highest BCUT2D eigenvalue weighted by Gasteiger charge is 2.54. The average molecular weight is 259 g/mol. The number of hydrogen-bond acceptors (Lipinski definition) is 2. The summed E-state index contributed by atoms with van der Waals surface area (Å²) in [5.41, 5.74) is 7.31. The van der Waals surface area contributed by atoms with Crippen molar-refractivity contribution in [2.45, 2.75) is 44.6 Å². The molecule has 2 bridgehead atoms. The Labute approximate surface area is 116 Å². The lowest BCUT2D eigenvalue weighted by atomic mass is 9.65. The van der Waals surface area contributed by atoms with E-state index in [2.05, 4.69) is 31.2 Å². The molecule has 0 aliphatic heterocycles. The monoisotopic (exact) mass is 259 g/mol. The van der Waals surface area contributed by atoms with Crippen molar-refractivity contribution < 1.29 is 5.11 Å². The lowest BCUT2D eigenvalue weighted by molar-refractivity contribution is -0.0250. The maximum Gasteiger partial charge on any atom is 0.0677 e. The summed E-state index contributed by atoms with van der Waals surface area (Å²) in [4.78, 5) is 0. The highest BCUT2D eigenvalue weighted by atomic mass is 16.3. The molecule has 0 saturated heterocycles. The first kappa shape index (κ1) is 13.1. The molecule has 19 heavy (non-hydrogen) atoms. The summed E-state index contributed by atoms with van der Waals surface area (Å²) in [6, 6.07) is 10.4. The van der Waals surface area contributed by atoms with E-state index in [9.17, 15) is 5.11 Å². The van der Waals surface area contributed by atoms with Gasteiger partial charge in [-0.3, -0.25) is 0 Å². The van der Waals surface area contributed by atoms with Gasteiger partial charge in [-0.05, 0) is 36.7 Å². The Kier molecular flexibility index (Phi) is 3.40. The van der Waals surface area contributed by atoms with E-state index in [0.717, 1.165) is 12.3 Å². The Morgan fingerprint density at radius 3 is 2.58 bits per heavy atom. The van der Waals surface area contributed by atoms with Crippen molar-refractivity contribution in [3.8, 4) is 0 Å². The molecule has 2 nitrogen and oxygen atoms in total. The van der Waals surface area contributed by atoms with Crippen molar-refractivity contribution in [3.63, 3.8) is 0 Å². The average Bonchev–Trinajstić information content (AvgIpc) is 3.07. The summed E-state index contributed by atoms with van der Waals surface area (Å²) in [7, 11) is 0. The van der Waals surface area contributed by atoms with E-state index in [0.29, 0.717) is 12.5 Å². The fourth-order valence-corrected chi connectivity index (χ4v) is 4.66. The number of aliphatic hydroxyl groups is 1. The van der Waals surface area contributed by atoms with Gasteiger partial charge in [0.2, 0.25) is 0 Å². The van der Waals surface area contributed by atoms with Gasteiger partial charge in [-0.25, -0.2) is 0 Å². The van der Waals surface area contributed by atoms with Crippen molar-refractivity contribution in [3.05, 3.63) is 35.9 Å². The van der Waals surface area contributed by atoms with Gasteiger partial charge >= 0.3 is 0 Å². The van der Waals surface area contributed by atoms with E-state index in [4.69, 9.17) is 5.73 Å². The van der Waals surface area contributed by atoms with Gasteiger partial charge in [0, 0.05) is 17.9 Å². The van der Waals surface area contributed by atoms with Gasteiger partial charge in [-0.1, -0.05) is 43.7 Å². The van der Waals surface area contributed by atoms with E-state index in [-0.39, 0.29) is 17.4 Å². The fraction of sp³-hybridized carbons (Fsp3) is 0.647. The van der Waals surface area contributed by atoms with Crippen LogP contribution in [0.5, 0.6) is 0 Å². The summed E-state index contributed by atoms with van der Waals surface area (Å²) in [6.45, 7) is 2.77. The molecule has 0 radical (unpaired) electrons. The molecule has 2 fully saturated rings. The molecular formula is C17H25NO. The highest BCUT2D eigenvalue weighted by molar-refractivity contribution is 5.22. The maximum absolute atomic E-state index is 11.0. The van der Waals surface area contributed by atoms with Gasteiger partial charge in [-0.2, -0.15) is 0 Å². The van der Waals surface area contributed by atoms with Gasteiger partial charge < -0.3 is 10.8 Å². The Hall–Kier alpha value is -0.860.